The van der Waals surface area contributed by atoms with E-state index < -0.39 is 41.2 Å². The van der Waals surface area contributed by atoms with Crippen LogP contribution in [0.3, 0.4) is 0 Å². The minimum atomic E-state index is -1.16. The molecule has 0 aromatic heterocycles. The molecule has 0 spiro atoms. The van der Waals surface area contributed by atoms with Crippen LogP contribution in [0.5, 0.6) is 0 Å². The third-order valence-electron chi connectivity index (χ3n) is 7.29. The minimum Gasteiger partial charge on any atom is -0.480 e. The van der Waals surface area contributed by atoms with Crippen molar-refractivity contribution < 1.29 is 29.0 Å². The summed E-state index contributed by atoms with van der Waals surface area (Å²) in [7, 11) is 0. The topological polar surface area (TPSA) is 116 Å². The van der Waals surface area contributed by atoms with Gasteiger partial charge in [0.15, 0.2) is 6.04 Å². The van der Waals surface area contributed by atoms with Crippen molar-refractivity contribution in [2.75, 3.05) is 32.8 Å². The Kier molecular flexibility index (Phi) is 9.77. The summed E-state index contributed by atoms with van der Waals surface area (Å²) >= 11 is 0.984. The molecule has 0 aliphatic carbocycles. The second-order valence-corrected chi connectivity index (χ2v) is 11.0. The van der Waals surface area contributed by atoms with Gasteiger partial charge in [0.2, 0.25) is 16.9 Å². The average Bonchev–Trinajstić information content (AvgIpc) is 3.06. The first kappa shape index (κ1) is 28.8. The second-order valence-electron chi connectivity index (χ2n) is 9.75. The standard InChI is InChI=1S/C29H35N3O6S/c1-3-31(4-2)16-26(33)39-25(14-19-10-6-5-7-11-19)27(34)30-22-15-20-12-8-9-13-21(20)23-17-38-18-24(29(36)37)32(23)28(22)35/h5-13,22-25H,3-4,14-18H2,1-2H3,(H,30,34)(H,36,37)/t22-,23+,24-,25+/m1/s1. The number of hydrogen-bond acceptors (Lipinski definition) is 7. The lowest BCUT2D eigenvalue weighted by Gasteiger charge is -2.40. The summed E-state index contributed by atoms with van der Waals surface area (Å²) in [5.74, 6) is -2.04. The van der Waals surface area contributed by atoms with Gasteiger partial charge in [-0.25, -0.2) is 4.79 Å². The second kappa shape index (κ2) is 13.2. The number of benzene rings is 2. The molecule has 0 unspecified atom stereocenters. The van der Waals surface area contributed by atoms with Crippen LogP contribution in [0.2, 0.25) is 0 Å². The van der Waals surface area contributed by atoms with Gasteiger partial charge in [-0.15, -0.1) is 0 Å². The van der Waals surface area contributed by atoms with E-state index in [-0.39, 0.29) is 31.3 Å². The quantitative estimate of drug-likeness (QED) is 0.461. The van der Waals surface area contributed by atoms with Crippen LogP contribution >= 0.6 is 11.8 Å². The molecule has 2 N–H and O–H groups in total. The first-order chi connectivity index (χ1) is 18.8. The highest BCUT2D eigenvalue weighted by Gasteiger charge is 2.45. The number of thioether (sulfide) groups is 1. The smallest absolute Gasteiger partial charge is 0.328 e. The van der Waals surface area contributed by atoms with E-state index >= 15 is 0 Å². The van der Waals surface area contributed by atoms with Gasteiger partial charge in [0.25, 0.3) is 0 Å². The average molecular weight is 554 g/mol. The van der Waals surface area contributed by atoms with Gasteiger partial charge >= 0.3 is 5.97 Å². The molecular formula is C29H35N3O6S. The van der Waals surface area contributed by atoms with Gasteiger partial charge in [0.05, 0.1) is 31.1 Å². The van der Waals surface area contributed by atoms with E-state index in [1.807, 2.05) is 73.3 Å². The molecule has 1 fully saturated rings. The molecule has 2 aliphatic heterocycles. The molecule has 39 heavy (non-hydrogen) atoms. The number of fused-ring (bicyclic) bond motifs is 3. The van der Waals surface area contributed by atoms with Crippen molar-refractivity contribution in [2.24, 2.45) is 0 Å². The SMILES string of the molecule is CCN(CC)CC(=O)S[C@@H](Cc1ccccc1)C(=O)N[C@@H]1Cc2ccccc2[C@@H]2COC[C@H](C(=O)O)N2C1=O. The van der Waals surface area contributed by atoms with Crippen molar-refractivity contribution in [1.29, 1.82) is 0 Å². The van der Waals surface area contributed by atoms with Gasteiger partial charge in [-0.2, -0.15) is 0 Å². The predicted molar refractivity (Wildman–Crippen MR) is 148 cm³/mol. The maximum atomic E-state index is 13.8. The van der Waals surface area contributed by atoms with Crippen LogP contribution in [0.25, 0.3) is 0 Å². The third-order valence-corrected chi connectivity index (χ3v) is 8.35. The lowest BCUT2D eigenvalue weighted by molar-refractivity contribution is -0.165. The van der Waals surface area contributed by atoms with E-state index in [0.717, 1.165) is 41.5 Å². The molecule has 0 saturated carbocycles. The van der Waals surface area contributed by atoms with Gasteiger partial charge in [-0.1, -0.05) is 80.2 Å². The van der Waals surface area contributed by atoms with Crippen molar-refractivity contribution in [2.45, 2.75) is 50.1 Å². The monoisotopic (exact) mass is 553 g/mol. The Hall–Kier alpha value is -3.21. The fourth-order valence-corrected chi connectivity index (χ4v) is 6.18. The van der Waals surface area contributed by atoms with Crippen LogP contribution < -0.4 is 5.32 Å². The molecule has 2 aromatic carbocycles. The Bertz CT molecular complexity index is 1190. The highest BCUT2D eigenvalue weighted by molar-refractivity contribution is 8.14. The van der Waals surface area contributed by atoms with Crippen LogP contribution in [0, 0.1) is 0 Å². The Balaban J connectivity index is 1.60. The van der Waals surface area contributed by atoms with Crippen molar-refractivity contribution in [3.63, 3.8) is 0 Å². The zero-order valence-electron chi connectivity index (χ0n) is 22.2. The van der Waals surface area contributed by atoms with E-state index in [4.69, 9.17) is 4.74 Å². The molecule has 10 heteroatoms. The molecule has 4 atom stereocenters. The lowest BCUT2D eigenvalue weighted by Crippen LogP contribution is -2.59. The minimum absolute atomic E-state index is 0.118. The van der Waals surface area contributed by atoms with E-state index in [1.165, 1.54) is 4.90 Å². The number of nitrogens with zero attached hydrogens (tertiary/aromatic N) is 2. The van der Waals surface area contributed by atoms with Gasteiger partial charge in [-0.3, -0.25) is 19.3 Å². The number of carboxylic acid groups (broad SMARTS) is 1. The van der Waals surface area contributed by atoms with Crippen LogP contribution in [0.15, 0.2) is 54.6 Å². The van der Waals surface area contributed by atoms with Crippen molar-refractivity contribution in [3.8, 4) is 0 Å². The van der Waals surface area contributed by atoms with E-state index in [0.29, 0.717) is 6.42 Å². The van der Waals surface area contributed by atoms with Gasteiger partial charge in [-0.05, 0) is 36.2 Å². The normalized spacial score (nSPS) is 21.5. The number of nitrogens with one attached hydrogen (secondary N) is 1. The molecule has 2 amide bonds. The number of aliphatic carboxylic acids is 1. The first-order valence-corrected chi connectivity index (χ1v) is 14.2. The largest absolute Gasteiger partial charge is 0.480 e. The number of likely N-dealkylation sites (N-methyl/N-ethyl adjacent to an activating group) is 1. The summed E-state index contributed by atoms with van der Waals surface area (Å²) in [6.45, 7) is 5.69. The molecule has 4 rings (SSSR count). The number of carbonyl (C=O) groups is 4. The molecule has 208 valence electrons. The number of carbonyl (C=O) groups excluding carboxylic acids is 3. The van der Waals surface area contributed by atoms with Crippen LogP contribution in [-0.4, -0.2) is 88.0 Å². The first-order valence-electron chi connectivity index (χ1n) is 13.3. The molecule has 9 nitrogen and oxygen atoms in total. The summed E-state index contributed by atoms with van der Waals surface area (Å²) in [6, 6.07) is 14.2. The summed E-state index contributed by atoms with van der Waals surface area (Å²) < 4.78 is 5.58. The number of rotatable bonds is 10. The van der Waals surface area contributed by atoms with Gasteiger partial charge in [0.1, 0.15) is 6.04 Å². The summed E-state index contributed by atoms with van der Waals surface area (Å²) in [4.78, 5) is 55.9. The van der Waals surface area contributed by atoms with Gasteiger partial charge < -0.3 is 20.1 Å². The summed E-state index contributed by atoms with van der Waals surface area (Å²) in [5, 5.41) is 11.9. The molecule has 2 aromatic rings. The molecule has 2 heterocycles. The Labute approximate surface area is 232 Å². The number of carboxylic acids is 1. The lowest BCUT2D eigenvalue weighted by atomic mass is 9.97. The fraction of sp³-hybridized carbons (Fsp3) is 0.448. The predicted octanol–water partition coefficient (Wildman–Crippen LogP) is 2.29. The number of hydrogen-bond donors (Lipinski definition) is 2. The Morgan fingerprint density at radius 2 is 1.77 bits per heavy atom. The number of ether oxygens (including phenoxy) is 1. The Morgan fingerprint density at radius 1 is 1.08 bits per heavy atom. The highest BCUT2D eigenvalue weighted by Crippen LogP contribution is 2.34. The van der Waals surface area contributed by atoms with Crippen LogP contribution in [0.1, 0.15) is 36.6 Å². The zero-order valence-corrected chi connectivity index (χ0v) is 23.1. The van der Waals surface area contributed by atoms with Crippen molar-refractivity contribution in [1.82, 2.24) is 15.1 Å². The molecule has 0 bridgehead atoms. The maximum absolute atomic E-state index is 13.8. The summed E-state index contributed by atoms with van der Waals surface area (Å²) in [6.07, 6.45) is 0.535. The van der Waals surface area contributed by atoms with E-state index in [9.17, 15) is 24.3 Å². The highest BCUT2D eigenvalue weighted by atomic mass is 32.2. The van der Waals surface area contributed by atoms with Crippen LogP contribution in [-0.2, 0) is 36.8 Å². The van der Waals surface area contributed by atoms with Crippen molar-refractivity contribution in [3.05, 3.63) is 71.3 Å². The van der Waals surface area contributed by atoms with Gasteiger partial charge in [0, 0.05) is 6.42 Å². The van der Waals surface area contributed by atoms with E-state index in [2.05, 4.69) is 5.32 Å². The maximum Gasteiger partial charge on any atom is 0.328 e. The molecule has 1 saturated heterocycles. The number of morpholine rings is 1. The number of amides is 2. The zero-order chi connectivity index (χ0) is 27.9. The summed E-state index contributed by atoms with van der Waals surface area (Å²) in [5.41, 5.74) is 2.57. The Morgan fingerprint density at radius 3 is 2.46 bits per heavy atom. The molecule has 0 radical (unpaired) electrons. The fourth-order valence-electron chi connectivity index (χ4n) is 5.16. The molecular weight excluding hydrogens is 518 g/mol. The van der Waals surface area contributed by atoms with Crippen LogP contribution in [0.4, 0.5) is 0 Å². The molecule has 2 aliphatic rings. The van der Waals surface area contributed by atoms with E-state index in [1.54, 1.807) is 0 Å². The third kappa shape index (κ3) is 6.87. The van der Waals surface area contributed by atoms with Crippen molar-refractivity contribution >= 4 is 34.7 Å².